The third-order valence-corrected chi connectivity index (χ3v) is 3.65. The summed E-state index contributed by atoms with van der Waals surface area (Å²) in [6.07, 6.45) is 0.633. The van der Waals surface area contributed by atoms with Crippen molar-refractivity contribution in [2.45, 2.75) is 20.3 Å². The van der Waals surface area contributed by atoms with Crippen LogP contribution in [-0.2, 0) is 6.42 Å². The second-order valence-electron chi connectivity index (χ2n) is 4.52. The molecule has 102 valence electrons. The molecule has 0 aliphatic carbocycles. The highest BCUT2D eigenvalue weighted by molar-refractivity contribution is 6.33. The average molecular weight is 289 g/mol. The first-order valence-corrected chi connectivity index (χ1v) is 6.72. The lowest BCUT2D eigenvalue weighted by Crippen LogP contribution is -2.21. The molecule has 3 rings (SSSR count). The fourth-order valence-corrected chi connectivity index (χ4v) is 2.54. The molecule has 0 bridgehead atoms. The summed E-state index contributed by atoms with van der Waals surface area (Å²) in [5, 5.41) is 7.53. The summed E-state index contributed by atoms with van der Waals surface area (Å²) in [5.41, 5.74) is 2.03. The van der Waals surface area contributed by atoms with Crippen LogP contribution in [0.3, 0.4) is 0 Å². The number of aromatic nitrogens is 4. The van der Waals surface area contributed by atoms with E-state index >= 15 is 0 Å². The summed E-state index contributed by atoms with van der Waals surface area (Å²) in [4.78, 5) is 17.0. The van der Waals surface area contributed by atoms with Gasteiger partial charge in [-0.1, -0.05) is 30.7 Å². The van der Waals surface area contributed by atoms with Gasteiger partial charge in [0.1, 0.15) is 0 Å². The number of nitrogens with zero attached hydrogens (tertiary/aromatic N) is 3. The van der Waals surface area contributed by atoms with Crippen LogP contribution < -0.4 is 5.56 Å². The standard InChI is InChI=1S/C14H13ClN4O/c1-3-9-8(2)16-14-18-17-12(19(14)13(9)20)10-6-4-5-7-11(10)15/h4-7H,3H2,1-2H3,(H,16,18). The molecule has 0 atom stereocenters. The Morgan fingerprint density at radius 3 is 2.80 bits per heavy atom. The Kier molecular flexibility index (Phi) is 3.06. The Labute approximate surface area is 120 Å². The zero-order valence-electron chi connectivity index (χ0n) is 11.1. The van der Waals surface area contributed by atoms with Gasteiger partial charge in [0.15, 0.2) is 5.82 Å². The fraction of sp³-hybridized carbons (Fsp3) is 0.214. The zero-order valence-corrected chi connectivity index (χ0v) is 11.9. The van der Waals surface area contributed by atoms with E-state index in [9.17, 15) is 4.79 Å². The summed E-state index contributed by atoms with van der Waals surface area (Å²) in [6, 6.07) is 7.29. The Bertz CT molecular complexity index is 850. The Balaban J connectivity index is 2.40. The summed E-state index contributed by atoms with van der Waals surface area (Å²) < 4.78 is 1.48. The first kappa shape index (κ1) is 12.9. The molecule has 0 saturated heterocycles. The maximum atomic E-state index is 12.6. The van der Waals surface area contributed by atoms with E-state index in [0.29, 0.717) is 34.2 Å². The molecular formula is C14H13ClN4O. The number of hydrogen-bond donors (Lipinski definition) is 1. The topological polar surface area (TPSA) is 63.1 Å². The van der Waals surface area contributed by atoms with Crippen molar-refractivity contribution in [2.24, 2.45) is 0 Å². The van der Waals surface area contributed by atoms with Crippen LogP contribution in [0.25, 0.3) is 17.2 Å². The number of nitrogens with one attached hydrogen (secondary N) is 1. The number of hydrogen-bond acceptors (Lipinski definition) is 3. The van der Waals surface area contributed by atoms with Crippen molar-refractivity contribution >= 4 is 17.4 Å². The van der Waals surface area contributed by atoms with Gasteiger partial charge in [0, 0.05) is 11.1 Å². The van der Waals surface area contributed by atoms with Crippen molar-refractivity contribution in [2.75, 3.05) is 0 Å². The van der Waals surface area contributed by atoms with Crippen LogP contribution in [0.5, 0.6) is 0 Å². The summed E-state index contributed by atoms with van der Waals surface area (Å²) >= 11 is 6.18. The highest BCUT2D eigenvalue weighted by Crippen LogP contribution is 2.25. The molecule has 5 nitrogen and oxygen atoms in total. The van der Waals surface area contributed by atoms with Crippen LogP contribution >= 0.6 is 11.6 Å². The number of aromatic amines is 1. The molecule has 2 heterocycles. The average Bonchev–Trinajstić information content (AvgIpc) is 2.83. The second-order valence-corrected chi connectivity index (χ2v) is 4.93. The largest absolute Gasteiger partial charge is 0.268 e. The van der Waals surface area contributed by atoms with Gasteiger partial charge in [-0.25, -0.2) is 14.5 Å². The molecule has 1 N–H and O–H groups in total. The lowest BCUT2D eigenvalue weighted by atomic mass is 10.2. The van der Waals surface area contributed by atoms with E-state index in [2.05, 4.69) is 15.2 Å². The molecule has 0 aliphatic heterocycles. The van der Waals surface area contributed by atoms with Crippen molar-refractivity contribution in [3.05, 3.63) is 50.9 Å². The minimum Gasteiger partial charge on any atom is -0.268 e. The Morgan fingerprint density at radius 1 is 1.35 bits per heavy atom. The highest BCUT2D eigenvalue weighted by atomic mass is 35.5. The fourth-order valence-electron chi connectivity index (χ4n) is 2.32. The van der Waals surface area contributed by atoms with Crippen LogP contribution in [0.15, 0.2) is 29.1 Å². The minimum absolute atomic E-state index is 0.0985. The number of rotatable bonds is 2. The van der Waals surface area contributed by atoms with Gasteiger partial charge in [-0.3, -0.25) is 4.79 Å². The normalized spacial score (nSPS) is 11.2. The smallest absolute Gasteiger partial charge is 0.264 e. The van der Waals surface area contributed by atoms with E-state index in [1.54, 1.807) is 6.07 Å². The first-order chi connectivity index (χ1) is 9.63. The van der Waals surface area contributed by atoms with Gasteiger partial charge in [-0.15, -0.1) is 0 Å². The Hall–Kier alpha value is -2.14. The first-order valence-electron chi connectivity index (χ1n) is 6.35. The van der Waals surface area contributed by atoms with Crippen LogP contribution in [0, 0.1) is 6.92 Å². The lowest BCUT2D eigenvalue weighted by Gasteiger charge is -2.05. The van der Waals surface area contributed by atoms with E-state index in [-0.39, 0.29) is 5.56 Å². The van der Waals surface area contributed by atoms with E-state index in [4.69, 9.17) is 11.6 Å². The van der Waals surface area contributed by atoms with E-state index in [0.717, 1.165) is 5.69 Å². The van der Waals surface area contributed by atoms with Gasteiger partial charge in [-0.05, 0) is 25.5 Å². The number of halogens is 1. The molecule has 0 fully saturated rings. The van der Waals surface area contributed by atoms with Crippen LogP contribution in [0.1, 0.15) is 18.2 Å². The maximum Gasteiger partial charge on any atom is 0.264 e. The van der Waals surface area contributed by atoms with E-state index < -0.39 is 0 Å². The van der Waals surface area contributed by atoms with Crippen LogP contribution in [0.2, 0.25) is 5.02 Å². The molecule has 3 aromatic rings. The monoisotopic (exact) mass is 288 g/mol. The number of fused-ring (bicyclic) bond motifs is 1. The molecule has 2 aromatic heterocycles. The van der Waals surface area contributed by atoms with Crippen molar-refractivity contribution in [3.8, 4) is 11.4 Å². The third kappa shape index (κ3) is 1.82. The predicted octanol–water partition coefficient (Wildman–Crippen LogP) is 2.61. The minimum atomic E-state index is -0.0985. The molecule has 20 heavy (non-hydrogen) atoms. The summed E-state index contributed by atoms with van der Waals surface area (Å²) in [6.45, 7) is 3.77. The highest BCUT2D eigenvalue weighted by Gasteiger charge is 2.16. The molecule has 0 radical (unpaired) electrons. The molecular weight excluding hydrogens is 276 g/mol. The van der Waals surface area contributed by atoms with Crippen LogP contribution in [-0.4, -0.2) is 19.6 Å². The van der Waals surface area contributed by atoms with Gasteiger partial charge < -0.3 is 0 Å². The maximum absolute atomic E-state index is 12.6. The third-order valence-electron chi connectivity index (χ3n) is 3.33. The molecule has 0 spiro atoms. The lowest BCUT2D eigenvalue weighted by molar-refractivity contribution is 0.942. The number of aryl methyl sites for hydroxylation is 1. The molecule has 0 unspecified atom stereocenters. The van der Waals surface area contributed by atoms with Crippen molar-refractivity contribution in [1.82, 2.24) is 19.6 Å². The Morgan fingerprint density at radius 2 is 2.10 bits per heavy atom. The van der Waals surface area contributed by atoms with Crippen molar-refractivity contribution in [3.63, 3.8) is 0 Å². The second kappa shape index (κ2) is 4.76. The van der Waals surface area contributed by atoms with Gasteiger partial charge in [-0.2, -0.15) is 5.10 Å². The molecule has 0 aliphatic rings. The SMILES string of the molecule is CCc1c(C)nc2[nH]nc(-c3ccccc3Cl)n2c1=O. The number of benzene rings is 1. The molecule has 1 aromatic carbocycles. The molecule has 6 heteroatoms. The van der Waals surface area contributed by atoms with E-state index in [1.165, 1.54) is 4.40 Å². The van der Waals surface area contributed by atoms with Crippen molar-refractivity contribution < 1.29 is 0 Å². The quantitative estimate of drug-likeness (QED) is 0.788. The summed E-state index contributed by atoms with van der Waals surface area (Å²) in [5.74, 6) is 0.914. The number of H-pyrrole nitrogens is 1. The van der Waals surface area contributed by atoms with Crippen molar-refractivity contribution in [1.29, 1.82) is 0 Å². The summed E-state index contributed by atoms with van der Waals surface area (Å²) in [7, 11) is 0. The van der Waals surface area contributed by atoms with E-state index in [1.807, 2.05) is 32.0 Å². The van der Waals surface area contributed by atoms with Gasteiger partial charge in [0.25, 0.3) is 5.56 Å². The van der Waals surface area contributed by atoms with Gasteiger partial charge in [0.05, 0.1) is 10.7 Å². The zero-order chi connectivity index (χ0) is 14.3. The molecule has 0 amide bonds. The van der Waals surface area contributed by atoms with Gasteiger partial charge >= 0.3 is 0 Å². The van der Waals surface area contributed by atoms with Gasteiger partial charge in [0.2, 0.25) is 5.78 Å². The predicted molar refractivity (Wildman–Crippen MR) is 78.2 cm³/mol. The van der Waals surface area contributed by atoms with Crippen LogP contribution in [0.4, 0.5) is 0 Å². The molecule has 0 saturated carbocycles.